The molecule has 102 valence electrons. The van der Waals surface area contributed by atoms with Gasteiger partial charge in [0.25, 0.3) is 0 Å². The monoisotopic (exact) mass is 266 g/mol. The molecule has 0 amide bonds. The second kappa shape index (κ2) is 7.29. The molecule has 0 N–H and O–H groups in total. The fourth-order valence-corrected chi connectivity index (χ4v) is 2.01. The number of benzene rings is 2. The number of carbonyl (C=O) groups is 1. The standard InChI is InChI=1S/C18H18O2/c1-2-14-20-18-11-7-6-10-16(18)17(19)13-12-15-8-4-3-5-9-15/h2-11H,1,12-14H2. The predicted molar refractivity (Wildman–Crippen MR) is 81.2 cm³/mol. The van der Waals surface area contributed by atoms with Crippen LogP contribution in [0.15, 0.2) is 67.3 Å². The fraction of sp³-hybridized carbons (Fsp3) is 0.167. The van der Waals surface area contributed by atoms with Crippen molar-refractivity contribution in [2.24, 2.45) is 0 Å². The molecule has 2 nitrogen and oxygen atoms in total. The molecule has 0 atom stereocenters. The highest BCUT2D eigenvalue weighted by Crippen LogP contribution is 2.20. The molecule has 0 aliphatic heterocycles. The van der Waals surface area contributed by atoms with Gasteiger partial charge in [0.05, 0.1) is 5.56 Å². The summed E-state index contributed by atoms with van der Waals surface area (Å²) >= 11 is 0. The van der Waals surface area contributed by atoms with Crippen molar-refractivity contribution in [3.63, 3.8) is 0 Å². The number of aryl methyl sites for hydroxylation is 1. The van der Waals surface area contributed by atoms with E-state index in [1.54, 1.807) is 6.08 Å². The zero-order valence-electron chi connectivity index (χ0n) is 11.4. The Kier molecular flexibility index (Phi) is 5.13. The van der Waals surface area contributed by atoms with Gasteiger partial charge in [0.15, 0.2) is 5.78 Å². The SMILES string of the molecule is C=CCOc1ccccc1C(=O)CCc1ccccc1. The van der Waals surface area contributed by atoms with E-state index in [0.717, 1.165) is 6.42 Å². The highest BCUT2D eigenvalue weighted by atomic mass is 16.5. The van der Waals surface area contributed by atoms with Gasteiger partial charge < -0.3 is 4.74 Å². The Hall–Kier alpha value is -2.35. The zero-order valence-corrected chi connectivity index (χ0v) is 11.4. The maximum atomic E-state index is 12.3. The molecular weight excluding hydrogens is 248 g/mol. The third-order valence-corrected chi connectivity index (χ3v) is 3.03. The number of ether oxygens (including phenoxy) is 1. The number of Topliss-reactive ketones (excluding diaryl/α,β-unsaturated/α-hetero) is 1. The first-order valence-corrected chi connectivity index (χ1v) is 6.71. The third-order valence-electron chi connectivity index (χ3n) is 3.03. The minimum atomic E-state index is 0.105. The lowest BCUT2D eigenvalue weighted by Gasteiger charge is -2.09. The van der Waals surface area contributed by atoms with Gasteiger partial charge in [0.1, 0.15) is 12.4 Å². The van der Waals surface area contributed by atoms with Gasteiger partial charge in [-0.1, -0.05) is 55.1 Å². The van der Waals surface area contributed by atoms with E-state index in [1.807, 2.05) is 54.6 Å². The molecule has 0 radical (unpaired) electrons. The topological polar surface area (TPSA) is 26.3 Å². The lowest BCUT2D eigenvalue weighted by atomic mass is 10.0. The highest BCUT2D eigenvalue weighted by Gasteiger charge is 2.11. The van der Waals surface area contributed by atoms with Crippen LogP contribution in [0.2, 0.25) is 0 Å². The van der Waals surface area contributed by atoms with Gasteiger partial charge in [-0.15, -0.1) is 0 Å². The summed E-state index contributed by atoms with van der Waals surface area (Å²) in [6.07, 6.45) is 2.90. The first-order valence-electron chi connectivity index (χ1n) is 6.71. The van der Waals surface area contributed by atoms with Gasteiger partial charge in [0.2, 0.25) is 0 Å². The lowest BCUT2D eigenvalue weighted by molar-refractivity contribution is 0.0979. The molecule has 0 spiro atoms. The molecule has 0 heterocycles. The molecule has 2 heteroatoms. The van der Waals surface area contributed by atoms with E-state index in [4.69, 9.17) is 4.74 Å². The van der Waals surface area contributed by atoms with Crippen molar-refractivity contribution in [1.29, 1.82) is 0 Å². The zero-order chi connectivity index (χ0) is 14.2. The molecular formula is C18H18O2. The Labute approximate surface area is 119 Å². The molecule has 0 fully saturated rings. The maximum Gasteiger partial charge on any atom is 0.166 e. The van der Waals surface area contributed by atoms with E-state index in [2.05, 4.69) is 6.58 Å². The lowest BCUT2D eigenvalue weighted by Crippen LogP contribution is -2.05. The van der Waals surface area contributed by atoms with Gasteiger partial charge in [-0.2, -0.15) is 0 Å². The van der Waals surface area contributed by atoms with Crippen LogP contribution in [0.3, 0.4) is 0 Å². The largest absolute Gasteiger partial charge is 0.489 e. The number of para-hydroxylation sites is 1. The first-order chi connectivity index (χ1) is 9.81. The van der Waals surface area contributed by atoms with Crippen LogP contribution in [0.1, 0.15) is 22.3 Å². The second-order valence-corrected chi connectivity index (χ2v) is 4.50. The van der Waals surface area contributed by atoms with Crippen molar-refractivity contribution in [3.8, 4) is 5.75 Å². The third kappa shape index (κ3) is 3.82. The Morgan fingerprint density at radius 3 is 2.50 bits per heavy atom. The van der Waals surface area contributed by atoms with Crippen LogP contribution in [0.4, 0.5) is 0 Å². The summed E-state index contributed by atoms with van der Waals surface area (Å²) in [5.74, 6) is 0.735. The number of carbonyl (C=O) groups excluding carboxylic acids is 1. The molecule has 2 aromatic carbocycles. The van der Waals surface area contributed by atoms with Gasteiger partial charge in [-0.05, 0) is 24.1 Å². The molecule has 0 aliphatic carbocycles. The summed E-state index contributed by atoms with van der Waals surface area (Å²) in [7, 11) is 0. The minimum Gasteiger partial charge on any atom is -0.489 e. The van der Waals surface area contributed by atoms with Crippen LogP contribution < -0.4 is 4.74 Å². The van der Waals surface area contributed by atoms with Crippen molar-refractivity contribution in [2.75, 3.05) is 6.61 Å². The van der Waals surface area contributed by atoms with Gasteiger partial charge in [-0.3, -0.25) is 4.79 Å². The van der Waals surface area contributed by atoms with E-state index in [-0.39, 0.29) is 5.78 Å². The van der Waals surface area contributed by atoms with Crippen molar-refractivity contribution in [3.05, 3.63) is 78.4 Å². The number of ketones is 1. The molecule has 0 aliphatic rings. The van der Waals surface area contributed by atoms with Crippen LogP contribution in [-0.4, -0.2) is 12.4 Å². The van der Waals surface area contributed by atoms with Crippen LogP contribution in [0.5, 0.6) is 5.75 Å². The smallest absolute Gasteiger partial charge is 0.166 e. The van der Waals surface area contributed by atoms with E-state index in [0.29, 0.717) is 24.3 Å². The normalized spacial score (nSPS) is 10.0. The summed E-state index contributed by atoms with van der Waals surface area (Å²) < 4.78 is 5.52. The molecule has 0 aromatic heterocycles. The second-order valence-electron chi connectivity index (χ2n) is 4.50. The Morgan fingerprint density at radius 1 is 1.05 bits per heavy atom. The van der Waals surface area contributed by atoms with Crippen molar-refractivity contribution >= 4 is 5.78 Å². The Balaban J connectivity index is 2.03. The van der Waals surface area contributed by atoms with Crippen LogP contribution >= 0.6 is 0 Å². The average molecular weight is 266 g/mol. The van der Waals surface area contributed by atoms with Gasteiger partial charge >= 0.3 is 0 Å². The van der Waals surface area contributed by atoms with E-state index in [9.17, 15) is 4.79 Å². The summed E-state index contributed by atoms with van der Waals surface area (Å²) in [6.45, 7) is 4.02. The molecule has 2 aromatic rings. The molecule has 20 heavy (non-hydrogen) atoms. The highest BCUT2D eigenvalue weighted by molar-refractivity contribution is 5.98. The molecule has 2 rings (SSSR count). The number of rotatable bonds is 7. The van der Waals surface area contributed by atoms with Crippen LogP contribution in [-0.2, 0) is 6.42 Å². The maximum absolute atomic E-state index is 12.3. The van der Waals surface area contributed by atoms with Crippen molar-refractivity contribution in [2.45, 2.75) is 12.8 Å². The summed E-state index contributed by atoms with van der Waals surface area (Å²) in [6, 6.07) is 17.4. The number of hydrogen-bond donors (Lipinski definition) is 0. The predicted octanol–water partition coefficient (Wildman–Crippen LogP) is 4.07. The fourth-order valence-electron chi connectivity index (χ4n) is 2.01. The van der Waals surface area contributed by atoms with E-state index in [1.165, 1.54) is 5.56 Å². The van der Waals surface area contributed by atoms with Crippen molar-refractivity contribution < 1.29 is 9.53 Å². The number of hydrogen-bond acceptors (Lipinski definition) is 2. The first kappa shape index (κ1) is 14.1. The summed E-state index contributed by atoms with van der Waals surface area (Å²) in [5.41, 5.74) is 1.82. The van der Waals surface area contributed by atoms with Crippen LogP contribution in [0.25, 0.3) is 0 Å². The van der Waals surface area contributed by atoms with E-state index < -0.39 is 0 Å². The minimum absolute atomic E-state index is 0.105. The quantitative estimate of drug-likeness (QED) is 0.558. The summed E-state index contributed by atoms with van der Waals surface area (Å²) in [4.78, 5) is 12.3. The molecule has 0 saturated carbocycles. The average Bonchev–Trinajstić information content (AvgIpc) is 2.52. The van der Waals surface area contributed by atoms with Gasteiger partial charge in [-0.25, -0.2) is 0 Å². The van der Waals surface area contributed by atoms with Crippen molar-refractivity contribution in [1.82, 2.24) is 0 Å². The summed E-state index contributed by atoms with van der Waals surface area (Å²) in [5, 5.41) is 0. The molecule has 0 unspecified atom stereocenters. The van der Waals surface area contributed by atoms with Gasteiger partial charge in [0, 0.05) is 6.42 Å². The van der Waals surface area contributed by atoms with E-state index >= 15 is 0 Å². The molecule has 0 saturated heterocycles. The Bertz CT molecular complexity index is 573. The Morgan fingerprint density at radius 2 is 1.75 bits per heavy atom. The van der Waals surface area contributed by atoms with Crippen LogP contribution in [0, 0.1) is 0 Å². The molecule has 0 bridgehead atoms.